The molecule has 0 unspecified atom stereocenters. The molecular formula is C19H20N4OS. The second-order valence-electron chi connectivity index (χ2n) is 5.64. The molecule has 2 aromatic carbocycles. The maximum Gasteiger partial charge on any atom is 0.224 e. The van der Waals surface area contributed by atoms with Gasteiger partial charge in [0.1, 0.15) is 0 Å². The van der Waals surface area contributed by atoms with Crippen LogP contribution in [0.1, 0.15) is 25.3 Å². The van der Waals surface area contributed by atoms with Crippen LogP contribution in [-0.2, 0) is 11.3 Å². The summed E-state index contributed by atoms with van der Waals surface area (Å²) in [5.74, 6) is 0.776. The lowest BCUT2D eigenvalue weighted by molar-refractivity contribution is -0.116. The average molecular weight is 352 g/mol. The van der Waals surface area contributed by atoms with E-state index in [1.165, 1.54) is 11.5 Å². The molecular weight excluding hydrogens is 332 g/mol. The molecule has 2 N–H and O–H groups in total. The molecule has 0 spiro atoms. The molecule has 0 aliphatic rings. The van der Waals surface area contributed by atoms with E-state index in [-0.39, 0.29) is 5.91 Å². The van der Waals surface area contributed by atoms with Gasteiger partial charge in [0.15, 0.2) is 5.82 Å². The minimum absolute atomic E-state index is 0.0456. The van der Waals surface area contributed by atoms with Gasteiger partial charge in [0.2, 0.25) is 11.0 Å². The monoisotopic (exact) mass is 352 g/mol. The standard InChI is InChI=1S/C19H20N4OS/c1-2-7-17(24)21-16-11-6-8-14(12-16)13-20-19-22-18(23-25-19)15-9-4-3-5-10-15/h3-6,8-12H,2,7,13H2,1H3,(H,21,24)(H,20,22,23). The zero-order valence-corrected chi connectivity index (χ0v) is 14.8. The molecule has 0 aliphatic carbocycles. The average Bonchev–Trinajstić information content (AvgIpc) is 3.10. The minimum Gasteiger partial charge on any atom is -0.356 e. The quantitative estimate of drug-likeness (QED) is 0.654. The largest absolute Gasteiger partial charge is 0.356 e. The van der Waals surface area contributed by atoms with E-state index in [0.717, 1.165) is 34.2 Å². The van der Waals surface area contributed by atoms with Crippen LogP contribution in [0, 0.1) is 0 Å². The molecule has 0 radical (unpaired) electrons. The summed E-state index contributed by atoms with van der Waals surface area (Å²) in [6.45, 7) is 2.62. The first kappa shape index (κ1) is 17.1. The molecule has 0 bridgehead atoms. The van der Waals surface area contributed by atoms with Crippen molar-refractivity contribution in [1.29, 1.82) is 0 Å². The lowest BCUT2D eigenvalue weighted by Crippen LogP contribution is -2.11. The SMILES string of the molecule is CCCC(=O)Nc1cccc(CNc2nc(-c3ccccc3)ns2)c1. The Morgan fingerprint density at radius 2 is 1.96 bits per heavy atom. The van der Waals surface area contributed by atoms with Crippen molar-refractivity contribution in [3.8, 4) is 11.4 Å². The number of hydrogen-bond donors (Lipinski definition) is 2. The third kappa shape index (κ3) is 4.87. The number of benzene rings is 2. The predicted octanol–water partition coefficient (Wildman–Crippen LogP) is 4.56. The van der Waals surface area contributed by atoms with Gasteiger partial charge >= 0.3 is 0 Å². The van der Waals surface area contributed by atoms with Crippen LogP contribution in [0.3, 0.4) is 0 Å². The molecule has 25 heavy (non-hydrogen) atoms. The number of nitrogens with zero attached hydrogens (tertiary/aromatic N) is 2. The molecule has 1 amide bonds. The molecule has 128 valence electrons. The van der Waals surface area contributed by atoms with Crippen molar-refractivity contribution in [3.05, 3.63) is 60.2 Å². The number of carbonyl (C=O) groups is 1. The fourth-order valence-corrected chi connectivity index (χ4v) is 2.97. The Morgan fingerprint density at radius 1 is 1.12 bits per heavy atom. The van der Waals surface area contributed by atoms with Gasteiger partial charge in [-0.1, -0.05) is 49.4 Å². The summed E-state index contributed by atoms with van der Waals surface area (Å²) in [6.07, 6.45) is 1.38. The minimum atomic E-state index is 0.0456. The second kappa shape index (κ2) is 8.39. The summed E-state index contributed by atoms with van der Waals surface area (Å²) in [5.41, 5.74) is 2.90. The lowest BCUT2D eigenvalue weighted by atomic mass is 10.2. The number of amides is 1. The number of carbonyl (C=O) groups excluding carboxylic acids is 1. The van der Waals surface area contributed by atoms with Crippen LogP contribution in [0.2, 0.25) is 0 Å². The Hall–Kier alpha value is -2.73. The highest BCUT2D eigenvalue weighted by Gasteiger charge is 2.06. The number of anilines is 2. The van der Waals surface area contributed by atoms with Crippen LogP contribution >= 0.6 is 11.5 Å². The van der Waals surface area contributed by atoms with Gasteiger partial charge in [-0.2, -0.15) is 9.36 Å². The van der Waals surface area contributed by atoms with Crippen molar-refractivity contribution in [2.75, 3.05) is 10.6 Å². The Labute approximate surface area is 151 Å². The topological polar surface area (TPSA) is 66.9 Å². The van der Waals surface area contributed by atoms with Crippen molar-refractivity contribution in [1.82, 2.24) is 9.36 Å². The summed E-state index contributed by atoms with van der Waals surface area (Å²) in [4.78, 5) is 16.2. The van der Waals surface area contributed by atoms with Gasteiger partial charge in [0, 0.05) is 35.7 Å². The molecule has 3 rings (SSSR count). The number of aromatic nitrogens is 2. The number of hydrogen-bond acceptors (Lipinski definition) is 5. The van der Waals surface area contributed by atoms with Crippen molar-refractivity contribution in [3.63, 3.8) is 0 Å². The number of nitrogens with one attached hydrogen (secondary N) is 2. The van der Waals surface area contributed by atoms with Gasteiger partial charge < -0.3 is 10.6 Å². The first-order valence-electron chi connectivity index (χ1n) is 8.26. The summed E-state index contributed by atoms with van der Waals surface area (Å²) in [6, 6.07) is 17.7. The van der Waals surface area contributed by atoms with Crippen LogP contribution in [0.25, 0.3) is 11.4 Å². The Bertz CT molecular complexity index is 832. The molecule has 0 atom stereocenters. The van der Waals surface area contributed by atoms with Gasteiger partial charge in [-0.25, -0.2) is 0 Å². The van der Waals surface area contributed by atoms with Crippen molar-refractivity contribution >= 4 is 28.3 Å². The maximum atomic E-state index is 11.7. The van der Waals surface area contributed by atoms with E-state index in [1.807, 2.05) is 61.5 Å². The normalized spacial score (nSPS) is 10.4. The molecule has 3 aromatic rings. The molecule has 0 fully saturated rings. The van der Waals surface area contributed by atoms with Gasteiger partial charge in [0.25, 0.3) is 0 Å². The van der Waals surface area contributed by atoms with E-state index in [0.29, 0.717) is 13.0 Å². The van der Waals surface area contributed by atoms with Crippen molar-refractivity contribution in [2.45, 2.75) is 26.3 Å². The van der Waals surface area contributed by atoms with E-state index in [1.54, 1.807) is 0 Å². The zero-order valence-electron chi connectivity index (χ0n) is 14.0. The summed E-state index contributed by atoms with van der Waals surface area (Å²) in [5, 5.41) is 6.98. The third-order valence-corrected chi connectivity index (χ3v) is 4.26. The first-order valence-corrected chi connectivity index (χ1v) is 9.03. The van der Waals surface area contributed by atoms with E-state index in [9.17, 15) is 4.79 Å². The van der Waals surface area contributed by atoms with Crippen LogP contribution in [0.15, 0.2) is 54.6 Å². The van der Waals surface area contributed by atoms with Crippen molar-refractivity contribution < 1.29 is 4.79 Å². The van der Waals surface area contributed by atoms with Crippen LogP contribution in [0.5, 0.6) is 0 Å². The lowest BCUT2D eigenvalue weighted by Gasteiger charge is -2.07. The summed E-state index contributed by atoms with van der Waals surface area (Å²) in [7, 11) is 0. The van der Waals surface area contributed by atoms with Crippen LogP contribution in [0.4, 0.5) is 10.8 Å². The van der Waals surface area contributed by atoms with E-state index in [4.69, 9.17) is 0 Å². The van der Waals surface area contributed by atoms with Gasteiger partial charge in [0.05, 0.1) is 0 Å². The van der Waals surface area contributed by atoms with Crippen LogP contribution in [-0.4, -0.2) is 15.3 Å². The van der Waals surface area contributed by atoms with E-state index in [2.05, 4.69) is 20.0 Å². The Morgan fingerprint density at radius 3 is 2.76 bits per heavy atom. The van der Waals surface area contributed by atoms with E-state index < -0.39 is 0 Å². The summed E-state index contributed by atoms with van der Waals surface area (Å²) >= 11 is 1.34. The van der Waals surface area contributed by atoms with Gasteiger partial charge in [-0.15, -0.1) is 0 Å². The third-order valence-electron chi connectivity index (χ3n) is 3.59. The zero-order chi connectivity index (χ0) is 17.5. The fraction of sp³-hybridized carbons (Fsp3) is 0.211. The summed E-state index contributed by atoms with van der Waals surface area (Å²) < 4.78 is 4.39. The number of rotatable bonds is 7. The Kier molecular flexibility index (Phi) is 5.74. The molecule has 6 heteroatoms. The second-order valence-corrected chi connectivity index (χ2v) is 6.39. The highest BCUT2D eigenvalue weighted by atomic mass is 32.1. The Balaban J connectivity index is 1.60. The fourth-order valence-electron chi connectivity index (χ4n) is 2.39. The first-order chi connectivity index (χ1) is 12.2. The molecule has 1 aromatic heterocycles. The van der Waals surface area contributed by atoms with Crippen molar-refractivity contribution in [2.24, 2.45) is 0 Å². The van der Waals surface area contributed by atoms with Gasteiger partial charge in [-0.3, -0.25) is 4.79 Å². The smallest absolute Gasteiger partial charge is 0.224 e. The molecule has 0 saturated heterocycles. The molecule has 1 heterocycles. The highest BCUT2D eigenvalue weighted by molar-refractivity contribution is 7.09. The molecule has 0 aliphatic heterocycles. The van der Waals surface area contributed by atoms with E-state index >= 15 is 0 Å². The predicted molar refractivity (Wildman–Crippen MR) is 103 cm³/mol. The highest BCUT2D eigenvalue weighted by Crippen LogP contribution is 2.21. The maximum absolute atomic E-state index is 11.7. The molecule has 0 saturated carbocycles. The molecule has 5 nitrogen and oxygen atoms in total. The van der Waals surface area contributed by atoms with Crippen LogP contribution < -0.4 is 10.6 Å². The van der Waals surface area contributed by atoms with Gasteiger partial charge in [-0.05, 0) is 24.1 Å².